The summed E-state index contributed by atoms with van der Waals surface area (Å²) in [5, 5.41) is 3.23. The molecule has 2 N–H and O–H groups in total. The standard InChI is InChI=1S/C12H20N2O2S2/c1-3-17-9-5-8-14-11-6-4-7-12(10-11)18(15,16)13-2/h4,6-7,10,13-14H,3,5,8-9H2,1-2H3. The molecule has 0 atom stereocenters. The van der Waals surface area contributed by atoms with Crippen molar-refractivity contribution in [2.75, 3.05) is 30.4 Å². The number of benzene rings is 1. The Balaban J connectivity index is 2.55. The van der Waals surface area contributed by atoms with E-state index in [9.17, 15) is 8.42 Å². The molecule has 0 aromatic heterocycles. The zero-order valence-electron chi connectivity index (χ0n) is 10.8. The third-order valence-electron chi connectivity index (χ3n) is 2.41. The summed E-state index contributed by atoms with van der Waals surface area (Å²) in [4.78, 5) is 0.290. The van der Waals surface area contributed by atoms with Crippen LogP contribution in [-0.2, 0) is 10.0 Å². The van der Waals surface area contributed by atoms with Gasteiger partial charge in [0.1, 0.15) is 0 Å². The molecule has 102 valence electrons. The Kier molecular flexibility index (Phi) is 6.52. The molecule has 0 aliphatic rings. The average Bonchev–Trinajstić information content (AvgIpc) is 2.39. The minimum atomic E-state index is -3.35. The summed E-state index contributed by atoms with van der Waals surface area (Å²) < 4.78 is 25.6. The second-order valence-electron chi connectivity index (χ2n) is 3.71. The van der Waals surface area contributed by atoms with Crippen molar-refractivity contribution < 1.29 is 8.42 Å². The van der Waals surface area contributed by atoms with Crippen LogP contribution in [0.15, 0.2) is 29.2 Å². The number of anilines is 1. The van der Waals surface area contributed by atoms with Crippen LogP contribution in [-0.4, -0.2) is 33.5 Å². The molecule has 6 heteroatoms. The first kappa shape index (κ1) is 15.3. The smallest absolute Gasteiger partial charge is 0.240 e. The number of rotatable bonds is 8. The van der Waals surface area contributed by atoms with Gasteiger partial charge in [0, 0.05) is 12.2 Å². The Morgan fingerprint density at radius 3 is 2.78 bits per heavy atom. The van der Waals surface area contributed by atoms with Crippen LogP contribution in [0.25, 0.3) is 0 Å². The van der Waals surface area contributed by atoms with Gasteiger partial charge in [-0.3, -0.25) is 0 Å². The predicted molar refractivity (Wildman–Crippen MR) is 78.8 cm³/mol. The minimum absolute atomic E-state index is 0.290. The highest BCUT2D eigenvalue weighted by Gasteiger charge is 2.10. The van der Waals surface area contributed by atoms with Gasteiger partial charge in [-0.15, -0.1) is 0 Å². The molecule has 1 aromatic rings. The van der Waals surface area contributed by atoms with Gasteiger partial charge in [-0.25, -0.2) is 13.1 Å². The number of nitrogens with one attached hydrogen (secondary N) is 2. The first-order valence-electron chi connectivity index (χ1n) is 5.95. The van der Waals surface area contributed by atoms with Crippen LogP contribution in [0.4, 0.5) is 5.69 Å². The van der Waals surface area contributed by atoms with E-state index in [4.69, 9.17) is 0 Å². The highest BCUT2D eigenvalue weighted by molar-refractivity contribution is 7.99. The van der Waals surface area contributed by atoms with Crippen molar-refractivity contribution in [2.24, 2.45) is 0 Å². The molecule has 0 saturated carbocycles. The molecule has 18 heavy (non-hydrogen) atoms. The number of thioether (sulfide) groups is 1. The zero-order chi connectivity index (χ0) is 13.4. The highest BCUT2D eigenvalue weighted by Crippen LogP contribution is 2.15. The maximum atomic E-state index is 11.6. The van der Waals surface area contributed by atoms with Gasteiger partial charge in [0.15, 0.2) is 0 Å². The van der Waals surface area contributed by atoms with Crippen molar-refractivity contribution in [1.82, 2.24) is 4.72 Å². The maximum absolute atomic E-state index is 11.6. The van der Waals surface area contributed by atoms with Crippen molar-refractivity contribution in [3.05, 3.63) is 24.3 Å². The predicted octanol–water partition coefficient (Wildman–Crippen LogP) is 2.15. The highest BCUT2D eigenvalue weighted by atomic mass is 32.2. The molecule has 0 heterocycles. The lowest BCUT2D eigenvalue weighted by molar-refractivity contribution is 0.588. The van der Waals surface area contributed by atoms with E-state index in [2.05, 4.69) is 17.0 Å². The van der Waals surface area contributed by atoms with Gasteiger partial charge in [-0.1, -0.05) is 13.0 Å². The fourth-order valence-corrected chi connectivity index (χ4v) is 2.86. The molecule has 1 rings (SSSR count). The topological polar surface area (TPSA) is 58.2 Å². The van der Waals surface area contributed by atoms with Gasteiger partial charge in [0.05, 0.1) is 4.90 Å². The molecule has 0 unspecified atom stereocenters. The van der Waals surface area contributed by atoms with Crippen LogP contribution >= 0.6 is 11.8 Å². The molecule has 0 radical (unpaired) electrons. The molecule has 1 aromatic carbocycles. The Morgan fingerprint density at radius 1 is 1.33 bits per heavy atom. The largest absolute Gasteiger partial charge is 0.385 e. The number of sulfonamides is 1. The van der Waals surface area contributed by atoms with Crippen LogP contribution in [0.1, 0.15) is 13.3 Å². The Morgan fingerprint density at radius 2 is 2.11 bits per heavy atom. The minimum Gasteiger partial charge on any atom is -0.385 e. The van der Waals surface area contributed by atoms with E-state index in [-0.39, 0.29) is 4.90 Å². The van der Waals surface area contributed by atoms with Crippen molar-refractivity contribution >= 4 is 27.5 Å². The third kappa shape index (κ3) is 4.88. The van der Waals surface area contributed by atoms with E-state index in [0.717, 1.165) is 30.2 Å². The quantitative estimate of drug-likeness (QED) is 0.720. The summed E-state index contributed by atoms with van der Waals surface area (Å²) in [6.45, 7) is 3.00. The molecular weight excluding hydrogens is 268 g/mol. The van der Waals surface area contributed by atoms with Crippen molar-refractivity contribution in [3.63, 3.8) is 0 Å². The number of hydrogen-bond acceptors (Lipinski definition) is 4. The Bertz CT molecular complexity index is 461. The van der Waals surface area contributed by atoms with Crippen LogP contribution < -0.4 is 10.0 Å². The van der Waals surface area contributed by atoms with E-state index in [1.807, 2.05) is 17.8 Å². The summed E-state index contributed by atoms with van der Waals surface area (Å²) in [7, 11) is -1.94. The van der Waals surface area contributed by atoms with Crippen molar-refractivity contribution in [2.45, 2.75) is 18.2 Å². The van der Waals surface area contributed by atoms with Crippen molar-refractivity contribution in [1.29, 1.82) is 0 Å². The first-order chi connectivity index (χ1) is 8.60. The van der Waals surface area contributed by atoms with E-state index in [1.165, 1.54) is 7.05 Å². The van der Waals surface area contributed by atoms with E-state index >= 15 is 0 Å². The molecule has 0 amide bonds. The van der Waals surface area contributed by atoms with Crippen LogP contribution in [0.3, 0.4) is 0 Å². The Labute approximate surface area is 114 Å². The van der Waals surface area contributed by atoms with Crippen LogP contribution in [0, 0.1) is 0 Å². The fourth-order valence-electron chi connectivity index (χ4n) is 1.44. The van der Waals surface area contributed by atoms with E-state index in [0.29, 0.717) is 0 Å². The van der Waals surface area contributed by atoms with Gasteiger partial charge in [-0.2, -0.15) is 11.8 Å². The molecule has 0 fully saturated rings. The van der Waals surface area contributed by atoms with E-state index < -0.39 is 10.0 Å². The summed E-state index contributed by atoms with van der Waals surface area (Å²) in [5.41, 5.74) is 0.841. The summed E-state index contributed by atoms with van der Waals surface area (Å²) in [6, 6.07) is 6.86. The second-order valence-corrected chi connectivity index (χ2v) is 6.99. The Hall–Kier alpha value is -0.720. The molecule has 0 bridgehead atoms. The lowest BCUT2D eigenvalue weighted by atomic mass is 10.3. The molecule has 0 saturated heterocycles. The van der Waals surface area contributed by atoms with Gasteiger partial charge >= 0.3 is 0 Å². The first-order valence-corrected chi connectivity index (χ1v) is 8.59. The van der Waals surface area contributed by atoms with Crippen LogP contribution in [0.2, 0.25) is 0 Å². The molecule has 0 aliphatic heterocycles. The summed E-state index contributed by atoms with van der Waals surface area (Å²) in [5.74, 6) is 2.26. The molecular formula is C12H20N2O2S2. The average molecular weight is 288 g/mol. The summed E-state index contributed by atoms with van der Waals surface area (Å²) in [6.07, 6.45) is 1.07. The molecule has 0 aliphatic carbocycles. The SMILES string of the molecule is CCSCCCNc1cccc(S(=O)(=O)NC)c1. The van der Waals surface area contributed by atoms with Crippen LogP contribution in [0.5, 0.6) is 0 Å². The van der Waals surface area contributed by atoms with E-state index in [1.54, 1.807) is 18.2 Å². The summed E-state index contributed by atoms with van der Waals surface area (Å²) >= 11 is 1.91. The van der Waals surface area contributed by atoms with Gasteiger partial charge < -0.3 is 5.32 Å². The lowest BCUT2D eigenvalue weighted by Gasteiger charge is -2.08. The maximum Gasteiger partial charge on any atom is 0.240 e. The van der Waals surface area contributed by atoms with Crippen molar-refractivity contribution in [3.8, 4) is 0 Å². The molecule has 0 spiro atoms. The number of hydrogen-bond donors (Lipinski definition) is 2. The fraction of sp³-hybridized carbons (Fsp3) is 0.500. The monoisotopic (exact) mass is 288 g/mol. The zero-order valence-corrected chi connectivity index (χ0v) is 12.4. The van der Waals surface area contributed by atoms with Gasteiger partial charge in [0.2, 0.25) is 10.0 Å². The normalized spacial score (nSPS) is 11.4. The van der Waals surface area contributed by atoms with Gasteiger partial charge in [-0.05, 0) is 43.2 Å². The molecule has 4 nitrogen and oxygen atoms in total. The lowest BCUT2D eigenvalue weighted by Crippen LogP contribution is -2.18. The van der Waals surface area contributed by atoms with Gasteiger partial charge in [0.25, 0.3) is 0 Å². The second kappa shape index (κ2) is 7.66. The third-order valence-corrected chi connectivity index (χ3v) is 4.81.